The van der Waals surface area contributed by atoms with Crippen LogP contribution >= 0.6 is 23.4 Å². The first-order chi connectivity index (χ1) is 25.8. The molecule has 0 bridgehead atoms. The summed E-state index contributed by atoms with van der Waals surface area (Å²) in [5, 5.41) is 9.00. The van der Waals surface area contributed by atoms with Crippen molar-refractivity contribution in [3.05, 3.63) is 98.4 Å². The highest BCUT2D eigenvalue weighted by Gasteiger charge is 2.22. The molecule has 4 N–H and O–H groups in total. The predicted molar refractivity (Wildman–Crippen MR) is 211 cm³/mol. The normalized spacial score (nSPS) is 17.4. The van der Waals surface area contributed by atoms with Crippen LogP contribution in [0.4, 0.5) is 5.82 Å². The van der Waals surface area contributed by atoms with E-state index in [9.17, 15) is 14.4 Å². The Bertz CT molecular complexity index is 2180. The molecule has 5 aromatic heterocycles. The molecule has 0 atom stereocenters. The van der Waals surface area contributed by atoms with Gasteiger partial charge in [0.05, 0.1) is 21.4 Å². The van der Waals surface area contributed by atoms with Gasteiger partial charge in [0.15, 0.2) is 0 Å². The predicted octanol–water partition coefficient (Wildman–Crippen LogP) is 3.56. The third-order valence-corrected chi connectivity index (χ3v) is 11.5. The van der Waals surface area contributed by atoms with Gasteiger partial charge in [-0.2, -0.15) is 0 Å². The van der Waals surface area contributed by atoms with Crippen molar-refractivity contribution < 1.29 is 4.79 Å². The summed E-state index contributed by atoms with van der Waals surface area (Å²) in [4.78, 5) is 55.0. The van der Waals surface area contributed by atoms with E-state index in [0.717, 1.165) is 97.6 Å². The zero-order valence-electron chi connectivity index (χ0n) is 29.6. The molecule has 0 radical (unpaired) electrons. The molecule has 2 saturated heterocycles. The minimum Gasteiger partial charge on any atom is -0.328 e. The largest absolute Gasteiger partial charge is 0.328 e. The number of carbonyl (C=O) groups excluding carboxylic acids is 1. The fraction of sp³-hybridized carbons (Fsp3) is 0.421. The first-order valence-electron chi connectivity index (χ1n) is 18.3. The monoisotopic (exact) mass is 756 g/mol. The maximum absolute atomic E-state index is 12.4. The van der Waals surface area contributed by atoms with Crippen LogP contribution in [0.2, 0.25) is 5.02 Å². The minimum absolute atomic E-state index is 0.0122. The Morgan fingerprint density at radius 3 is 1.94 bits per heavy atom. The summed E-state index contributed by atoms with van der Waals surface area (Å²) in [5.41, 5.74) is 8.18. The third-order valence-electron chi connectivity index (χ3n) is 10.2. The molecule has 13 nitrogen and oxygen atoms in total. The molecule has 8 rings (SSSR count). The fourth-order valence-electron chi connectivity index (χ4n) is 7.08. The van der Waals surface area contributed by atoms with Gasteiger partial charge in [0.2, 0.25) is 5.91 Å². The van der Waals surface area contributed by atoms with Gasteiger partial charge in [0, 0.05) is 80.1 Å². The van der Waals surface area contributed by atoms with E-state index < -0.39 is 0 Å². The van der Waals surface area contributed by atoms with Crippen LogP contribution in [0.5, 0.6) is 0 Å². The van der Waals surface area contributed by atoms with Gasteiger partial charge in [-0.25, -0.2) is 15.0 Å². The zero-order chi connectivity index (χ0) is 36.7. The summed E-state index contributed by atoms with van der Waals surface area (Å²) in [6.07, 6.45) is 7.57. The number of thioether (sulfide) groups is 1. The Labute approximate surface area is 316 Å². The minimum atomic E-state index is -0.0323. The molecule has 0 aromatic carbocycles. The smallest absolute Gasteiger partial charge is 0.252 e. The van der Waals surface area contributed by atoms with Gasteiger partial charge >= 0.3 is 0 Å². The molecule has 3 aliphatic heterocycles. The first-order valence-corrected chi connectivity index (χ1v) is 19.6. The molecule has 8 heterocycles. The maximum atomic E-state index is 12.4. The van der Waals surface area contributed by atoms with Gasteiger partial charge in [-0.1, -0.05) is 11.6 Å². The number of pyridine rings is 5. The van der Waals surface area contributed by atoms with E-state index in [1.165, 1.54) is 11.8 Å². The standard InChI is InChI=1S/C23H25ClN6O2S.C15H20N4O/c24-17-12-19-22(28-20(31)14-33-19)27-18(17)13-26-16-5-8-29(9-6-16)10-11-30-21(32)4-3-15-2-1-7-25-23(15)30;16-13-5-8-18(9-6-13)10-11-19-14(20)4-3-12-2-1-7-17-15(12)19/h1-4,7,12,16,26H,5-6,8-11,13-14H2,(H,27,28,31);1-4,7,13H,5-6,8-11,16H2. The molecule has 5 aromatic rings. The molecule has 0 spiro atoms. The fourth-order valence-corrected chi connectivity index (χ4v) is 8.16. The van der Waals surface area contributed by atoms with Gasteiger partial charge in [0.25, 0.3) is 11.1 Å². The van der Waals surface area contributed by atoms with Crippen LogP contribution in [-0.4, -0.2) is 96.9 Å². The number of likely N-dealkylation sites (tertiary alicyclic amines) is 2. The number of nitrogens with zero attached hydrogens (tertiary/aromatic N) is 7. The lowest BCUT2D eigenvalue weighted by Gasteiger charge is -2.32. The van der Waals surface area contributed by atoms with E-state index in [-0.39, 0.29) is 17.0 Å². The molecule has 2 fully saturated rings. The van der Waals surface area contributed by atoms with Crippen LogP contribution in [0.1, 0.15) is 31.4 Å². The van der Waals surface area contributed by atoms with Crippen LogP contribution < -0.4 is 27.5 Å². The Kier molecular flexibility index (Phi) is 12.1. The van der Waals surface area contributed by atoms with Gasteiger partial charge in [-0.3, -0.25) is 23.5 Å². The molecule has 0 aliphatic carbocycles. The summed E-state index contributed by atoms with van der Waals surface area (Å²) in [5.74, 6) is 0.966. The van der Waals surface area contributed by atoms with E-state index in [1.54, 1.807) is 33.7 Å². The number of nitrogens with one attached hydrogen (secondary N) is 2. The summed E-state index contributed by atoms with van der Waals surface area (Å²) < 4.78 is 3.53. The number of aromatic nitrogens is 5. The number of nitrogens with two attached hydrogens (primary N) is 1. The Morgan fingerprint density at radius 2 is 1.36 bits per heavy atom. The Balaban J connectivity index is 0.000000186. The van der Waals surface area contributed by atoms with E-state index in [2.05, 4.69) is 35.4 Å². The lowest BCUT2D eigenvalue weighted by atomic mass is 10.0. The number of halogens is 1. The lowest BCUT2D eigenvalue weighted by molar-refractivity contribution is -0.113. The van der Waals surface area contributed by atoms with Crippen molar-refractivity contribution in [2.75, 3.05) is 50.3 Å². The highest BCUT2D eigenvalue weighted by atomic mass is 35.5. The molecular formula is C38H45ClN10O3S. The Morgan fingerprint density at radius 1 is 0.792 bits per heavy atom. The van der Waals surface area contributed by atoms with E-state index in [1.807, 2.05) is 42.5 Å². The second-order valence-corrected chi connectivity index (χ2v) is 15.2. The molecule has 3 aliphatic rings. The quantitative estimate of drug-likeness (QED) is 0.202. The van der Waals surface area contributed by atoms with E-state index in [0.29, 0.717) is 48.3 Å². The highest BCUT2D eigenvalue weighted by molar-refractivity contribution is 8.00. The molecule has 1 amide bonds. The van der Waals surface area contributed by atoms with Crippen molar-refractivity contribution in [2.45, 2.75) is 62.3 Å². The molecule has 53 heavy (non-hydrogen) atoms. The average molecular weight is 757 g/mol. The summed E-state index contributed by atoms with van der Waals surface area (Å²) in [6, 6.07) is 17.2. The van der Waals surface area contributed by atoms with Crippen molar-refractivity contribution in [1.29, 1.82) is 0 Å². The number of hydrogen-bond donors (Lipinski definition) is 3. The van der Waals surface area contributed by atoms with Crippen molar-refractivity contribution >= 4 is 57.2 Å². The first kappa shape index (κ1) is 37.1. The zero-order valence-corrected chi connectivity index (χ0v) is 31.2. The van der Waals surface area contributed by atoms with Crippen LogP contribution in [0, 0.1) is 0 Å². The van der Waals surface area contributed by atoms with Gasteiger partial charge < -0.3 is 26.2 Å². The number of piperidine rings is 2. The summed E-state index contributed by atoms with van der Waals surface area (Å²) in [7, 11) is 0. The average Bonchev–Trinajstić information content (AvgIpc) is 3.18. The number of anilines is 1. The van der Waals surface area contributed by atoms with Crippen molar-refractivity contribution in [2.24, 2.45) is 5.73 Å². The SMILES string of the molecule is NC1CCN(CCn2c(=O)ccc3cccnc32)CC1.O=C1CSc2cc(Cl)c(CNC3CCN(CCn4c(=O)ccc5cccnc54)CC3)nc2N1. The molecular weight excluding hydrogens is 712 g/mol. The number of hydrogen-bond acceptors (Lipinski definition) is 11. The van der Waals surface area contributed by atoms with E-state index in [4.69, 9.17) is 17.3 Å². The molecule has 15 heteroatoms. The maximum Gasteiger partial charge on any atom is 0.252 e. The van der Waals surface area contributed by atoms with Gasteiger partial charge in [0.1, 0.15) is 17.1 Å². The van der Waals surface area contributed by atoms with Crippen LogP contribution in [-0.2, 0) is 24.4 Å². The van der Waals surface area contributed by atoms with Gasteiger partial charge in [-0.15, -0.1) is 11.8 Å². The molecule has 0 saturated carbocycles. The summed E-state index contributed by atoms with van der Waals surface area (Å²) >= 11 is 7.88. The van der Waals surface area contributed by atoms with Crippen molar-refractivity contribution in [3.63, 3.8) is 0 Å². The van der Waals surface area contributed by atoms with Crippen molar-refractivity contribution in [1.82, 2.24) is 39.2 Å². The summed E-state index contributed by atoms with van der Waals surface area (Å²) in [6.45, 7) is 7.54. The van der Waals surface area contributed by atoms with Crippen molar-refractivity contribution in [3.8, 4) is 0 Å². The number of amides is 1. The van der Waals surface area contributed by atoms with E-state index >= 15 is 0 Å². The third kappa shape index (κ3) is 9.31. The number of rotatable bonds is 9. The van der Waals surface area contributed by atoms with Crippen LogP contribution in [0.3, 0.4) is 0 Å². The second-order valence-electron chi connectivity index (χ2n) is 13.8. The van der Waals surface area contributed by atoms with Crippen LogP contribution in [0.25, 0.3) is 22.1 Å². The number of carbonyl (C=O) groups is 1. The van der Waals surface area contributed by atoms with Gasteiger partial charge in [-0.05, 0) is 94.3 Å². The number of fused-ring (bicyclic) bond motifs is 3. The molecule has 0 unspecified atom stereocenters. The molecule has 278 valence electrons. The highest BCUT2D eigenvalue weighted by Crippen LogP contribution is 2.33. The Hall–Kier alpha value is -4.18. The topological polar surface area (TPSA) is 156 Å². The van der Waals surface area contributed by atoms with Crippen LogP contribution in [0.15, 0.2) is 81.5 Å². The lowest BCUT2D eigenvalue weighted by Crippen LogP contribution is -2.43. The second kappa shape index (κ2) is 17.3.